The predicted molar refractivity (Wildman–Crippen MR) is 153 cm³/mol. The lowest BCUT2D eigenvalue weighted by Gasteiger charge is -2.19. The van der Waals surface area contributed by atoms with Gasteiger partial charge in [-0.15, -0.1) is 0 Å². The van der Waals surface area contributed by atoms with E-state index in [9.17, 15) is 0 Å². The summed E-state index contributed by atoms with van der Waals surface area (Å²) >= 11 is 0. The number of hydrogen-bond acceptors (Lipinski definition) is 0. The van der Waals surface area contributed by atoms with Gasteiger partial charge < -0.3 is 0 Å². The Bertz CT molecular complexity index is 1340. The van der Waals surface area contributed by atoms with Crippen molar-refractivity contribution in [2.45, 2.75) is 41.5 Å². The van der Waals surface area contributed by atoms with Crippen LogP contribution in [0.5, 0.6) is 0 Å². The van der Waals surface area contributed by atoms with Crippen LogP contribution < -0.4 is 20.7 Å². The van der Waals surface area contributed by atoms with Crippen molar-refractivity contribution in [3.05, 3.63) is 106 Å². The van der Waals surface area contributed by atoms with Crippen molar-refractivity contribution in [3.8, 4) is 0 Å². The van der Waals surface area contributed by atoms with Gasteiger partial charge in [0, 0.05) is 0 Å². The summed E-state index contributed by atoms with van der Waals surface area (Å²) in [6, 6.07) is 27.5. The second-order valence-corrected chi connectivity index (χ2v) is 12.1. The first-order valence-electron chi connectivity index (χ1n) is 12.0. The number of aryl methyl sites for hydroxylation is 6. The van der Waals surface area contributed by atoms with Crippen LogP contribution in [0.25, 0.3) is 21.5 Å². The van der Waals surface area contributed by atoms with Gasteiger partial charge in [0.05, 0.1) is 0 Å². The molecule has 0 unspecified atom stereocenters. The maximum absolute atomic E-state index is 2.34. The van der Waals surface area contributed by atoms with Gasteiger partial charge in [-0.25, -0.2) is 0 Å². The van der Waals surface area contributed by atoms with Gasteiger partial charge in [0.15, 0.2) is 0 Å². The van der Waals surface area contributed by atoms with Gasteiger partial charge in [0.1, 0.15) is 19.0 Å². The van der Waals surface area contributed by atoms with Gasteiger partial charge in [-0.1, -0.05) is 117 Å². The summed E-state index contributed by atoms with van der Waals surface area (Å²) in [5, 5.41) is 11.6. The van der Waals surface area contributed by atoms with Gasteiger partial charge in [-0.3, -0.25) is 0 Å². The molecule has 0 aliphatic rings. The predicted octanol–water partition coefficient (Wildman–Crippen LogP) is 5.15. The fourth-order valence-corrected chi connectivity index (χ4v) is 8.39. The van der Waals surface area contributed by atoms with Crippen molar-refractivity contribution in [2.75, 3.05) is 0 Å². The van der Waals surface area contributed by atoms with Crippen molar-refractivity contribution >= 4 is 61.3 Å². The topological polar surface area (TPSA) is 0 Å². The van der Waals surface area contributed by atoms with Gasteiger partial charge in [0.2, 0.25) is 0 Å². The molecular weight excluding hydrogens is 441 g/mol. The first-order chi connectivity index (χ1) is 16.3. The molecule has 4 radical (unpaired) electrons. The molecule has 0 spiro atoms. The normalized spacial score (nSPS) is 11.5. The van der Waals surface area contributed by atoms with Crippen LogP contribution in [-0.2, 0) is 0 Å². The summed E-state index contributed by atoms with van der Waals surface area (Å²) in [7, 11) is 1.28. The monoisotopic (exact) mass is 470 g/mol. The molecule has 0 nitrogen and oxygen atoms in total. The maximum atomic E-state index is 2.34. The molecule has 34 heavy (non-hydrogen) atoms. The molecule has 2 heteroatoms. The zero-order valence-electron chi connectivity index (χ0n) is 20.9. The first kappa shape index (κ1) is 22.8. The van der Waals surface area contributed by atoms with Crippen LogP contribution in [0.2, 0.25) is 0 Å². The van der Waals surface area contributed by atoms with E-state index in [1.54, 1.807) is 0 Å². The molecule has 0 aliphatic heterocycles. The zero-order chi connectivity index (χ0) is 24.0. The van der Waals surface area contributed by atoms with Crippen LogP contribution in [0.15, 0.2) is 72.8 Å². The second kappa shape index (κ2) is 9.01. The minimum absolute atomic E-state index is 0.639. The minimum Gasteiger partial charge on any atom is -0.0616 e. The highest BCUT2D eigenvalue weighted by atomic mass is 28.2. The third-order valence-corrected chi connectivity index (χ3v) is 10.4. The molecule has 0 bridgehead atoms. The van der Waals surface area contributed by atoms with Crippen LogP contribution in [-0.4, -0.2) is 19.0 Å². The Kier molecular flexibility index (Phi) is 6.05. The molecule has 5 aromatic carbocycles. The lowest BCUT2D eigenvalue weighted by Crippen LogP contribution is -2.37. The number of fused-ring (bicyclic) bond motifs is 2. The largest absolute Gasteiger partial charge is 0.123 e. The van der Waals surface area contributed by atoms with E-state index in [2.05, 4.69) is 114 Å². The molecule has 0 N–H and O–H groups in total. The number of hydrogen-bond donors (Lipinski definition) is 0. The molecule has 0 saturated heterocycles. The molecule has 0 amide bonds. The average Bonchev–Trinajstić information content (AvgIpc) is 2.79. The van der Waals surface area contributed by atoms with Gasteiger partial charge in [-0.05, 0) is 73.5 Å². The van der Waals surface area contributed by atoms with E-state index in [-0.39, 0.29) is 0 Å². The average molecular weight is 471 g/mol. The Balaban J connectivity index is 1.78. The standard InChI is InChI=1S/C32H30Si2/c1-19-15-21(3)29(22(4)16-19)33-31-25-11-7-9-13-27(25)32(28-14-10-8-12-26(28)31)34-30-23(5)17-20(2)18-24(30)6/h7-18H,1-6H3. The van der Waals surface area contributed by atoms with Gasteiger partial charge >= 0.3 is 0 Å². The number of rotatable bonds is 4. The summed E-state index contributed by atoms with van der Waals surface area (Å²) in [5.74, 6) is 0. The summed E-state index contributed by atoms with van der Waals surface area (Å²) < 4.78 is 0. The third-order valence-electron chi connectivity index (χ3n) is 6.79. The summed E-state index contributed by atoms with van der Waals surface area (Å²) in [6.45, 7) is 13.5. The van der Waals surface area contributed by atoms with Crippen LogP contribution in [0.1, 0.15) is 33.4 Å². The van der Waals surface area contributed by atoms with E-state index < -0.39 is 0 Å². The molecule has 5 aromatic rings. The van der Waals surface area contributed by atoms with E-state index in [0.717, 1.165) is 0 Å². The fraction of sp³-hybridized carbons (Fsp3) is 0.188. The van der Waals surface area contributed by atoms with Crippen LogP contribution in [0, 0.1) is 41.5 Å². The molecule has 5 rings (SSSR count). The molecule has 166 valence electrons. The molecule has 0 atom stereocenters. The molecular formula is C32H30Si2. The number of benzene rings is 5. The highest BCUT2D eigenvalue weighted by Crippen LogP contribution is 2.20. The van der Waals surface area contributed by atoms with Crippen LogP contribution >= 0.6 is 0 Å². The minimum atomic E-state index is 0.639. The Labute approximate surface area is 208 Å². The Morgan fingerprint density at radius 1 is 0.382 bits per heavy atom. The van der Waals surface area contributed by atoms with Gasteiger partial charge in [0.25, 0.3) is 0 Å². The summed E-state index contributed by atoms with van der Waals surface area (Å²) in [4.78, 5) is 0. The third kappa shape index (κ3) is 4.06. The summed E-state index contributed by atoms with van der Waals surface area (Å²) in [6.07, 6.45) is 0. The van der Waals surface area contributed by atoms with Crippen molar-refractivity contribution in [3.63, 3.8) is 0 Å². The van der Waals surface area contributed by atoms with Gasteiger partial charge in [-0.2, -0.15) is 0 Å². The fourth-order valence-electron chi connectivity index (χ4n) is 5.40. The second-order valence-electron chi connectivity index (χ2n) is 9.64. The smallest absolute Gasteiger partial charge is 0.0616 e. The Hall–Kier alpha value is -2.95. The van der Waals surface area contributed by atoms with E-state index in [1.165, 1.54) is 75.7 Å². The van der Waals surface area contributed by atoms with Crippen molar-refractivity contribution in [1.82, 2.24) is 0 Å². The zero-order valence-corrected chi connectivity index (χ0v) is 22.9. The Morgan fingerprint density at radius 2 is 0.647 bits per heavy atom. The molecule has 0 heterocycles. The van der Waals surface area contributed by atoms with E-state index in [4.69, 9.17) is 0 Å². The van der Waals surface area contributed by atoms with E-state index in [0.29, 0.717) is 19.0 Å². The Morgan fingerprint density at radius 3 is 0.912 bits per heavy atom. The highest BCUT2D eigenvalue weighted by molar-refractivity contribution is 6.77. The molecule has 0 fully saturated rings. The quantitative estimate of drug-likeness (QED) is 0.252. The van der Waals surface area contributed by atoms with Crippen LogP contribution in [0.4, 0.5) is 0 Å². The van der Waals surface area contributed by atoms with Crippen molar-refractivity contribution in [2.24, 2.45) is 0 Å². The first-order valence-corrected chi connectivity index (χ1v) is 14.0. The van der Waals surface area contributed by atoms with Crippen molar-refractivity contribution in [1.29, 1.82) is 0 Å². The van der Waals surface area contributed by atoms with Crippen LogP contribution in [0.3, 0.4) is 0 Å². The van der Waals surface area contributed by atoms with E-state index in [1.807, 2.05) is 0 Å². The molecule has 0 saturated carbocycles. The van der Waals surface area contributed by atoms with E-state index >= 15 is 0 Å². The SMILES string of the molecule is Cc1cc(C)c([Si]c2c3ccccc3c([Si]c3c(C)cc(C)cc3C)c3ccccc23)c(C)c1. The lowest BCUT2D eigenvalue weighted by atomic mass is 10.0. The highest BCUT2D eigenvalue weighted by Gasteiger charge is 2.18. The lowest BCUT2D eigenvalue weighted by molar-refractivity contribution is 1.35. The molecule has 0 aliphatic carbocycles. The molecule has 0 aromatic heterocycles. The summed E-state index contributed by atoms with van der Waals surface area (Å²) in [5.41, 5.74) is 8.31. The van der Waals surface area contributed by atoms with Crippen molar-refractivity contribution < 1.29 is 0 Å². The maximum Gasteiger partial charge on any atom is 0.123 e.